The number of aryl methyl sites for hydroxylation is 3. The molecule has 0 amide bonds. The normalized spacial score (nSPS) is 16.4. The van der Waals surface area contributed by atoms with Crippen molar-refractivity contribution in [2.75, 3.05) is 0 Å². The zero-order valence-corrected chi connectivity index (χ0v) is 16.5. The molecule has 0 aliphatic heterocycles. The molecule has 1 aliphatic carbocycles. The minimum Gasteiger partial charge on any atom is -0.294 e. The predicted octanol–water partition coefficient (Wildman–Crippen LogP) is 3.33. The molecule has 0 radical (unpaired) electrons. The molecule has 142 valence electrons. The van der Waals surface area contributed by atoms with Crippen molar-refractivity contribution in [1.29, 1.82) is 0 Å². The van der Waals surface area contributed by atoms with Gasteiger partial charge in [-0.25, -0.2) is 9.97 Å². The Bertz CT molecular complexity index is 1180. The Morgan fingerprint density at radius 1 is 1.21 bits per heavy atom. The van der Waals surface area contributed by atoms with E-state index < -0.39 is 0 Å². The molecule has 1 aromatic carbocycles. The van der Waals surface area contributed by atoms with Crippen LogP contribution in [0.2, 0.25) is 0 Å². The van der Waals surface area contributed by atoms with Gasteiger partial charge in [-0.3, -0.25) is 14.0 Å². The van der Waals surface area contributed by atoms with Gasteiger partial charge < -0.3 is 0 Å². The predicted molar refractivity (Wildman–Crippen MR) is 110 cm³/mol. The second-order valence-electron chi connectivity index (χ2n) is 7.31. The van der Waals surface area contributed by atoms with E-state index in [9.17, 15) is 4.79 Å². The first-order valence-corrected chi connectivity index (χ1v) is 10.4. The molecule has 0 fully saturated rings. The van der Waals surface area contributed by atoms with Crippen LogP contribution in [0, 0.1) is 6.92 Å². The lowest BCUT2D eigenvalue weighted by atomic mass is 9.83. The molecule has 0 saturated heterocycles. The van der Waals surface area contributed by atoms with E-state index in [-0.39, 0.29) is 5.56 Å². The summed E-state index contributed by atoms with van der Waals surface area (Å²) in [5.74, 6) is 1.29. The van der Waals surface area contributed by atoms with Crippen LogP contribution in [0.15, 0.2) is 47.8 Å². The second kappa shape index (κ2) is 6.98. The summed E-state index contributed by atoms with van der Waals surface area (Å²) >= 11 is 1.70. The molecule has 4 aromatic rings. The minimum absolute atomic E-state index is 0.0817. The van der Waals surface area contributed by atoms with Crippen LogP contribution in [0.25, 0.3) is 10.2 Å². The molecular weight excluding hydrogens is 370 g/mol. The van der Waals surface area contributed by atoms with E-state index in [1.165, 1.54) is 22.3 Å². The topological polar surface area (TPSA) is 65.6 Å². The highest BCUT2D eigenvalue weighted by Crippen LogP contribution is 2.39. The Morgan fingerprint density at radius 2 is 2.07 bits per heavy atom. The van der Waals surface area contributed by atoms with Crippen LogP contribution in [-0.2, 0) is 25.9 Å². The summed E-state index contributed by atoms with van der Waals surface area (Å²) in [6.45, 7) is 3.07. The van der Waals surface area contributed by atoms with Crippen molar-refractivity contribution in [3.63, 3.8) is 0 Å². The van der Waals surface area contributed by atoms with Crippen LogP contribution >= 0.6 is 11.3 Å². The first kappa shape index (κ1) is 17.3. The summed E-state index contributed by atoms with van der Waals surface area (Å²) in [6, 6.07) is 10.7. The Morgan fingerprint density at radius 3 is 2.86 bits per heavy atom. The van der Waals surface area contributed by atoms with Gasteiger partial charge >= 0.3 is 0 Å². The molecule has 7 heteroatoms. The number of hydrogen-bond donors (Lipinski definition) is 0. The summed E-state index contributed by atoms with van der Waals surface area (Å²) in [6.07, 6.45) is 6.20. The highest BCUT2D eigenvalue weighted by molar-refractivity contribution is 7.18. The van der Waals surface area contributed by atoms with Crippen molar-refractivity contribution in [3.05, 3.63) is 75.2 Å². The molecule has 1 unspecified atom stereocenters. The second-order valence-corrected chi connectivity index (χ2v) is 8.39. The van der Waals surface area contributed by atoms with Gasteiger partial charge in [-0.05, 0) is 43.2 Å². The van der Waals surface area contributed by atoms with E-state index in [1.807, 2.05) is 6.92 Å². The van der Waals surface area contributed by atoms with E-state index in [2.05, 4.69) is 40.4 Å². The highest BCUT2D eigenvalue weighted by Gasteiger charge is 2.26. The quantitative estimate of drug-likeness (QED) is 0.535. The molecule has 5 rings (SSSR count). The summed E-state index contributed by atoms with van der Waals surface area (Å²) in [5.41, 5.74) is 2.69. The average Bonchev–Trinajstić information content (AvgIpc) is 3.35. The molecule has 3 aromatic heterocycles. The Kier molecular flexibility index (Phi) is 4.31. The first-order valence-electron chi connectivity index (χ1n) is 9.60. The van der Waals surface area contributed by atoms with Gasteiger partial charge in [0.2, 0.25) is 0 Å². The fourth-order valence-electron chi connectivity index (χ4n) is 4.18. The standard InChI is InChI=1S/C21H21N5OS/c1-14-24-20-19(21(27)26(14)10-9-25-13-22-12-23-25)17-8-7-16(11-18(17)28-20)15-5-3-2-4-6-15/h2-6,12-13,16H,7-11H2,1H3. The fraction of sp³-hybridized carbons (Fsp3) is 0.333. The number of fused-ring (bicyclic) bond motifs is 3. The van der Waals surface area contributed by atoms with E-state index >= 15 is 0 Å². The molecule has 6 nitrogen and oxygen atoms in total. The van der Waals surface area contributed by atoms with E-state index in [4.69, 9.17) is 4.98 Å². The third-order valence-electron chi connectivity index (χ3n) is 5.65. The molecule has 1 atom stereocenters. The summed E-state index contributed by atoms with van der Waals surface area (Å²) in [5, 5.41) is 4.95. The molecule has 0 N–H and O–H groups in total. The van der Waals surface area contributed by atoms with Crippen LogP contribution in [0.1, 0.15) is 34.2 Å². The Balaban J connectivity index is 1.51. The van der Waals surface area contributed by atoms with Crippen LogP contribution in [0.3, 0.4) is 0 Å². The molecule has 1 aliphatic rings. The number of aromatic nitrogens is 5. The van der Waals surface area contributed by atoms with Crippen LogP contribution in [-0.4, -0.2) is 24.3 Å². The van der Waals surface area contributed by atoms with Crippen LogP contribution < -0.4 is 5.56 Å². The lowest BCUT2D eigenvalue weighted by Gasteiger charge is -2.22. The number of nitrogens with zero attached hydrogens (tertiary/aromatic N) is 5. The lowest BCUT2D eigenvalue weighted by Crippen LogP contribution is -2.26. The van der Waals surface area contributed by atoms with Gasteiger partial charge in [0.15, 0.2) is 0 Å². The maximum absolute atomic E-state index is 13.3. The van der Waals surface area contributed by atoms with Gasteiger partial charge in [-0.2, -0.15) is 5.10 Å². The lowest BCUT2D eigenvalue weighted by molar-refractivity contribution is 0.511. The van der Waals surface area contributed by atoms with Gasteiger partial charge in [0.05, 0.1) is 11.9 Å². The van der Waals surface area contributed by atoms with Gasteiger partial charge in [0, 0.05) is 11.4 Å². The van der Waals surface area contributed by atoms with E-state index in [0.29, 0.717) is 19.0 Å². The summed E-state index contributed by atoms with van der Waals surface area (Å²) in [7, 11) is 0. The SMILES string of the molecule is Cc1nc2sc3c(c2c(=O)n1CCn1cncn1)CCC(c1ccccc1)C3. The van der Waals surface area contributed by atoms with Crippen molar-refractivity contribution in [3.8, 4) is 0 Å². The van der Waals surface area contributed by atoms with Crippen molar-refractivity contribution >= 4 is 21.6 Å². The van der Waals surface area contributed by atoms with Crippen LogP contribution in [0.5, 0.6) is 0 Å². The highest BCUT2D eigenvalue weighted by atomic mass is 32.1. The van der Waals surface area contributed by atoms with E-state index in [1.54, 1.807) is 26.9 Å². The minimum atomic E-state index is 0.0817. The van der Waals surface area contributed by atoms with Gasteiger partial charge in [-0.15, -0.1) is 11.3 Å². The van der Waals surface area contributed by atoms with E-state index in [0.717, 1.165) is 35.3 Å². The number of hydrogen-bond acceptors (Lipinski definition) is 5. The summed E-state index contributed by atoms with van der Waals surface area (Å²) in [4.78, 5) is 24.2. The Hall–Kier alpha value is -2.80. The van der Waals surface area contributed by atoms with Crippen molar-refractivity contribution in [1.82, 2.24) is 24.3 Å². The summed E-state index contributed by atoms with van der Waals surface area (Å²) < 4.78 is 3.52. The average molecular weight is 392 g/mol. The maximum Gasteiger partial charge on any atom is 0.262 e. The third-order valence-corrected chi connectivity index (χ3v) is 6.80. The van der Waals surface area contributed by atoms with Crippen molar-refractivity contribution in [2.45, 2.75) is 45.2 Å². The number of thiophene rings is 1. The fourth-order valence-corrected chi connectivity index (χ4v) is 5.52. The van der Waals surface area contributed by atoms with Crippen molar-refractivity contribution < 1.29 is 0 Å². The number of benzene rings is 1. The Labute approximate surface area is 166 Å². The zero-order valence-electron chi connectivity index (χ0n) is 15.7. The molecule has 0 spiro atoms. The number of rotatable bonds is 4. The molecule has 28 heavy (non-hydrogen) atoms. The third kappa shape index (κ3) is 2.96. The van der Waals surface area contributed by atoms with Gasteiger partial charge in [-0.1, -0.05) is 30.3 Å². The zero-order chi connectivity index (χ0) is 19.1. The van der Waals surface area contributed by atoms with Crippen LogP contribution in [0.4, 0.5) is 0 Å². The van der Waals surface area contributed by atoms with Gasteiger partial charge in [0.25, 0.3) is 5.56 Å². The maximum atomic E-state index is 13.3. The molecular formula is C21H21N5OS. The molecule has 0 saturated carbocycles. The molecule has 0 bridgehead atoms. The largest absolute Gasteiger partial charge is 0.294 e. The first-order chi connectivity index (χ1) is 13.7. The van der Waals surface area contributed by atoms with Gasteiger partial charge in [0.1, 0.15) is 23.3 Å². The van der Waals surface area contributed by atoms with Crippen molar-refractivity contribution in [2.24, 2.45) is 0 Å². The monoisotopic (exact) mass is 391 g/mol. The smallest absolute Gasteiger partial charge is 0.262 e. The molecule has 3 heterocycles.